The van der Waals surface area contributed by atoms with Gasteiger partial charge in [0.1, 0.15) is 12.4 Å². The Hall–Kier alpha value is -3.19. The van der Waals surface area contributed by atoms with Crippen molar-refractivity contribution < 1.29 is 18.7 Å². The van der Waals surface area contributed by atoms with Crippen LogP contribution in [0.15, 0.2) is 59.4 Å². The maximum Gasteiger partial charge on any atom is 0.362 e. The summed E-state index contributed by atoms with van der Waals surface area (Å²) in [6.45, 7) is 1.57. The summed E-state index contributed by atoms with van der Waals surface area (Å²) >= 11 is 6.13. The fourth-order valence-electron chi connectivity index (χ4n) is 2.46. The second kappa shape index (κ2) is 8.67. The highest BCUT2D eigenvalue weighted by Gasteiger charge is 2.21. The molecule has 0 unspecified atom stereocenters. The first kappa shape index (κ1) is 19.6. The summed E-state index contributed by atoms with van der Waals surface area (Å²) in [4.78, 5) is 24.9. The minimum absolute atomic E-state index is 0.102. The van der Waals surface area contributed by atoms with Crippen LogP contribution in [0.4, 0.5) is 4.39 Å². The van der Waals surface area contributed by atoms with Crippen LogP contribution in [0.3, 0.4) is 0 Å². The highest BCUT2D eigenvalue weighted by molar-refractivity contribution is 6.32. The van der Waals surface area contributed by atoms with Crippen LogP contribution >= 0.6 is 11.6 Å². The minimum atomic E-state index is -0.771. The standard InChI is InChI=1S/C20H16ClFN2O4/c1-2-27-20(26)19-17(28-12-13-7-3-5-9-15(13)22)11-18(25)24(23-19)16-10-6-4-8-14(16)21/h3-11H,2,12H2,1H3. The number of hydrogen-bond acceptors (Lipinski definition) is 5. The van der Waals surface area contributed by atoms with Crippen molar-refractivity contribution in [2.24, 2.45) is 0 Å². The van der Waals surface area contributed by atoms with E-state index in [4.69, 9.17) is 21.1 Å². The van der Waals surface area contributed by atoms with Gasteiger partial charge >= 0.3 is 5.97 Å². The average Bonchev–Trinajstić information content (AvgIpc) is 2.68. The van der Waals surface area contributed by atoms with Gasteiger partial charge in [0.2, 0.25) is 5.69 Å². The third kappa shape index (κ3) is 4.20. The molecule has 0 N–H and O–H groups in total. The molecule has 3 rings (SSSR count). The molecule has 0 aliphatic rings. The van der Waals surface area contributed by atoms with Gasteiger partial charge in [0, 0.05) is 5.56 Å². The van der Waals surface area contributed by atoms with Gasteiger partial charge in [-0.1, -0.05) is 41.9 Å². The Kier molecular flexibility index (Phi) is 6.06. The number of ether oxygens (including phenoxy) is 2. The van der Waals surface area contributed by atoms with E-state index in [1.165, 1.54) is 12.1 Å². The van der Waals surface area contributed by atoms with Crippen LogP contribution in [0.1, 0.15) is 23.0 Å². The summed E-state index contributed by atoms with van der Waals surface area (Å²) in [5.41, 5.74) is -0.199. The topological polar surface area (TPSA) is 70.4 Å². The second-order valence-electron chi connectivity index (χ2n) is 5.66. The van der Waals surface area contributed by atoms with Crippen LogP contribution in [-0.4, -0.2) is 22.4 Å². The van der Waals surface area contributed by atoms with E-state index in [0.29, 0.717) is 5.69 Å². The molecule has 1 aromatic heterocycles. The normalized spacial score (nSPS) is 10.5. The Morgan fingerprint density at radius 2 is 1.89 bits per heavy atom. The third-order valence-electron chi connectivity index (χ3n) is 3.79. The maximum absolute atomic E-state index is 13.8. The van der Waals surface area contributed by atoms with Crippen LogP contribution in [0.2, 0.25) is 5.02 Å². The predicted molar refractivity (Wildman–Crippen MR) is 102 cm³/mol. The fraction of sp³-hybridized carbons (Fsp3) is 0.150. The number of rotatable bonds is 6. The van der Waals surface area contributed by atoms with Gasteiger partial charge in [0.05, 0.1) is 23.4 Å². The number of aromatic nitrogens is 2. The molecule has 1 heterocycles. The summed E-state index contributed by atoms with van der Waals surface area (Å²) < 4.78 is 25.3. The van der Waals surface area contributed by atoms with Gasteiger partial charge in [-0.2, -0.15) is 9.78 Å². The van der Waals surface area contributed by atoms with Crippen molar-refractivity contribution in [2.45, 2.75) is 13.5 Å². The summed E-state index contributed by atoms with van der Waals surface area (Å²) in [5, 5.41) is 4.37. The van der Waals surface area contributed by atoms with E-state index in [-0.39, 0.29) is 35.2 Å². The van der Waals surface area contributed by atoms with Gasteiger partial charge in [0.15, 0.2) is 5.75 Å². The monoisotopic (exact) mass is 402 g/mol. The average molecular weight is 403 g/mol. The fourth-order valence-corrected chi connectivity index (χ4v) is 2.67. The van der Waals surface area contributed by atoms with Gasteiger partial charge in [-0.25, -0.2) is 9.18 Å². The molecule has 0 aliphatic heterocycles. The molecule has 0 spiro atoms. The lowest BCUT2D eigenvalue weighted by Gasteiger charge is -2.13. The molecule has 6 nitrogen and oxygen atoms in total. The van der Waals surface area contributed by atoms with E-state index < -0.39 is 17.3 Å². The van der Waals surface area contributed by atoms with Gasteiger partial charge < -0.3 is 9.47 Å². The van der Waals surface area contributed by atoms with Crippen molar-refractivity contribution in [1.29, 1.82) is 0 Å². The molecule has 0 saturated heterocycles. The molecular weight excluding hydrogens is 387 g/mol. The molecule has 3 aromatic rings. The first-order valence-corrected chi connectivity index (χ1v) is 8.81. The number of carbonyl (C=O) groups excluding carboxylic acids is 1. The van der Waals surface area contributed by atoms with E-state index in [2.05, 4.69) is 5.10 Å². The maximum atomic E-state index is 13.8. The molecule has 0 aliphatic carbocycles. The Morgan fingerprint density at radius 3 is 2.61 bits per heavy atom. The van der Waals surface area contributed by atoms with Crippen molar-refractivity contribution in [3.63, 3.8) is 0 Å². The minimum Gasteiger partial charge on any atom is -0.486 e. The second-order valence-corrected chi connectivity index (χ2v) is 6.07. The van der Waals surface area contributed by atoms with E-state index in [1.807, 2.05) is 0 Å². The van der Waals surface area contributed by atoms with Crippen molar-refractivity contribution in [1.82, 2.24) is 9.78 Å². The SMILES string of the molecule is CCOC(=O)c1nn(-c2ccccc2Cl)c(=O)cc1OCc1ccccc1F. The third-order valence-corrected chi connectivity index (χ3v) is 4.11. The molecule has 0 amide bonds. The lowest BCUT2D eigenvalue weighted by atomic mass is 10.2. The summed E-state index contributed by atoms with van der Waals surface area (Å²) in [5.74, 6) is -1.33. The Labute approximate surface area is 165 Å². The first-order chi connectivity index (χ1) is 13.5. The quantitative estimate of drug-likeness (QED) is 0.587. The van der Waals surface area contributed by atoms with Gasteiger partial charge in [0.25, 0.3) is 5.56 Å². The zero-order valence-corrected chi connectivity index (χ0v) is 15.6. The molecule has 2 aromatic carbocycles. The zero-order chi connectivity index (χ0) is 20.1. The van der Waals surface area contributed by atoms with Crippen LogP contribution in [-0.2, 0) is 11.3 Å². The van der Waals surface area contributed by atoms with Gasteiger partial charge in [-0.05, 0) is 25.1 Å². The molecule has 8 heteroatoms. The molecule has 0 saturated carbocycles. The van der Waals surface area contributed by atoms with E-state index in [1.54, 1.807) is 43.3 Å². The molecule has 0 atom stereocenters. The summed E-state index contributed by atoms with van der Waals surface area (Å²) in [6.07, 6.45) is 0. The number of esters is 1. The lowest BCUT2D eigenvalue weighted by Crippen LogP contribution is -2.25. The molecule has 28 heavy (non-hydrogen) atoms. The Bertz CT molecular complexity index is 1070. The van der Waals surface area contributed by atoms with Crippen LogP contribution in [0.25, 0.3) is 5.69 Å². The Morgan fingerprint density at radius 1 is 1.18 bits per heavy atom. The lowest BCUT2D eigenvalue weighted by molar-refractivity contribution is 0.0511. The highest BCUT2D eigenvalue weighted by atomic mass is 35.5. The molecule has 0 bridgehead atoms. The van der Waals surface area contributed by atoms with Crippen LogP contribution in [0.5, 0.6) is 5.75 Å². The van der Waals surface area contributed by atoms with E-state index >= 15 is 0 Å². The summed E-state index contributed by atoms with van der Waals surface area (Å²) in [6, 6.07) is 13.7. The van der Waals surface area contributed by atoms with Crippen molar-refractivity contribution in [2.75, 3.05) is 6.61 Å². The molecule has 144 valence electrons. The number of benzene rings is 2. The number of carbonyl (C=O) groups is 1. The summed E-state index contributed by atoms with van der Waals surface area (Å²) in [7, 11) is 0. The largest absolute Gasteiger partial charge is 0.486 e. The number of hydrogen-bond donors (Lipinski definition) is 0. The highest BCUT2D eigenvalue weighted by Crippen LogP contribution is 2.21. The number of nitrogens with zero attached hydrogens (tertiary/aromatic N) is 2. The van der Waals surface area contributed by atoms with Gasteiger partial charge in [-0.15, -0.1) is 0 Å². The van der Waals surface area contributed by atoms with Crippen LogP contribution in [0, 0.1) is 5.82 Å². The molecular formula is C20H16ClFN2O4. The first-order valence-electron chi connectivity index (χ1n) is 8.44. The number of para-hydroxylation sites is 1. The molecule has 0 radical (unpaired) electrons. The van der Waals surface area contributed by atoms with Crippen molar-refractivity contribution >= 4 is 17.6 Å². The van der Waals surface area contributed by atoms with Crippen LogP contribution < -0.4 is 10.3 Å². The van der Waals surface area contributed by atoms with Crippen molar-refractivity contribution in [3.8, 4) is 11.4 Å². The van der Waals surface area contributed by atoms with Gasteiger partial charge in [-0.3, -0.25) is 4.79 Å². The Balaban J connectivity index is 2.03. The smallest absolute Gasteiger partial charge is 0.362 e. The van der Waals surface area contributed by atoms with E-state index in [9.17, 15) is 14.0 Å². The van der Waals surface area contributed by atoms with Crippen molar-refractivity contribution in [3.05, 3.63) is 87.0 Å². The number of halogens is 2. The zero-order valence-electron chi connectivity index (χ0n) is 14.9. The molecule has 0 fully saturated rings. The predicted octanol–water partition coefficient (Wildman–Crippen LogP) is 3.78. The van der Waals surface area contributed by atoms with E-state index in [0.717, 1.165) is 10.7 Å².